The van der Waals surface area contributed by atoms with E-state index in [4.69, 9.17) is 16.3 Å². The van der Waals surface area contributed by atoms with Gasteiger partial charge in [-0.2, -0.15) is 13.2 Å². The first-order chi connectivity index (χ1) is 19.5. The lowest BCUT2D eigenvalue weighted by Gasteiger charge is -2.38. The summed E-state index contributed by atoms with van der Waals surface area (Å²) in [4.78, 5) is 17.7. The lowest BCUT2D eigenvalue weighted by atomic mass is 9.79. The van der Waals surface area contributed by atoms with E-state index < -0.39 is 23.9 Å². The van der Waals surface area contributed by atoms with Gasteiger partial charge < -0.3 is 9.84 Å². The summed E-state index contributed by atoms with van der Waals surface area (Å²) in [6, 6.07) is 10.6. The number of rotatable bonds is 9. The SMILES string of the molecule is COc1ccc2nccc([C@@H](F)CCC3CCN(CC#Cc4ccc(Cl)c(C(F)(F)F)c4)CC3CCC(=O)O)c2c1. The molecule has 0 saturated carbocycles. The molecule has 3 aromatic rings. The summed E-state index contributed by atoms with van der Waals surface area (Å²) < 4.78 is 60.3. The molecule has 2 unspecified atom stereocenters. The summed E-state index contributed by atoms with van der Waals surface area (Å²) in [6.45, 7) is 1.61. The molecule has 0 aliphatic carbocycles. The lowest BCUT2D eigenvalue weighted by molar-refractivity contribution is -0.138. The molecule has 4 rings (SSSR count). The average Bonchev–Trinajstić information content (AvgIpc) is 2.94. The predicted molar refractivity (Wildman–Crippen MR) is 150 cm³/mol. The molecule has 1 aliphatic heterocycles. The summed E-state index contributed by atoms with van der Waals surface area (Å²) in [6.07, 6.45) is -2.06. The first-order valence-corrected chi connectivity index (χ1v) is 13.8. The monoisotopic (exact) mass is 590 g/mol. The molecular weight excluding hydrogens is 560 g/mol. The molecule has 5 nitrogen and oxygen atoms in total. The second kappa shape index (κ2) is 13.5. The van der Waals surface area contributed by atoms with Gasteiger partial charge >= 0.3 is 12.1 Å². The molecular formula is C31H31ClF4N2O3. The predicted octanol–water partition coefficient (Wildman–Crippen LogP) is 7.56. The fourth-order valence-electron chi connectivity index (χ4n) is 5.45. The Labute approximate surface area is 241 Å². The van der Waals surface area contributed by atoms with Gasteiger partial charge in [0.05, 0.1) is 29.8 Å². The third-order valence-electron chi connectivity index (χ3n) is 7.62. The van der Waals surface area contributed by atoms with Crippen molar-refractivity contribution < 1.29 is 32.2 Å². The van der Waals surface area contributed by atoms with Crippen molar-refractivity contribution in [2.24, 2.45) is 11.8 Å². The number of pyridine rings is 1. The van der Waals surface area contributed by atoms with Gasteiger partial charge in [-0.05, 0) is 92.1 Å². The van der Waals surface area contributed by atoms with Crippen LogP contribution in [-0.4, -0.2) is 47.7 Å². The minimum atomic E-state index is -4.57. The van der Waals surface area contributed by atoms with Crippen molar-refractivity contribution in [3.05, 3.63) is 70.4 Å². The number of carbonyl (C=O) groups is 1. The van der Waals surface area contributed by atoms with Gasteiger partial charge in [0.25, 0.3) is 0 Å². The van der Waals surface area contributed by atoms with E-state index in [2.05, 4.69) is 21.7 Å². The molecule has 3 atom stereocenters. The average molecular weight is 591 g/mol. The second-order valence-electron chi connectivity index (χ2n) is 10.3. The molecule has 218 valence electrons. The summed E-state index contributed by atoms with van der Waals surface area (Å²) in [5.74, 6) is 5.64. The topological polar surface area (TPSA) is 62.7 Å². The van der Waals surface area contributed by atoms with Crippen molar-refractivity contribution in [2.75, 3.05) is 26.7 Å². The van der Waals surface area contributed by atoms with E-state index in [-0.39, 0.29) is 28.8 Å². The maximum atomic E-state index is 15.6. The minimum Gasteiger partial charge on any atom is -0.497 e. The third-order valence-corrected chi connectivity index (χ3v) is 7.95. The number of aliphatic carboxylic acids is 1. The van der Waals surface area contributed by atoms with Crippen LogP contribution in [0.3, 0.4) is 0 Å². The molecule has 0 bridgehead atoms. The highest BCUT2D eigenvalue weighted by Crippen LogP contribution is 2.37. The molecule has 1 saturated heterocycles. The molecule has 1 N–H and O–H groups in total. The van der Waals surface area contributed by atoms with Crippen molar-refractivity contribution in [2.45, 2.75) is 44.5 Å². The van der Waals surface area contributed by atoms with E-state index in [9.17, 15) is 23.1 Å². The van der Waals surface area contributed by atoms with Crippen LogP contribution in [0.15, 0.2) is 48.7 Å². The van der Waals surface area contributed by atoms with Crippen LogP contribution in [0.5, 0.6) is 5.75 Å². The van der Waals surface area contributed by atoms with Gasteiger partial charge in [0.1, 0.15) is 11.9 Å². The van der Waals surface area contributed by atoms with Crippen molar-refractivity contribution in [3.63, 3.8) is 0 Å². The summed E-state index contributed by atoms with van der Waals surface area (Å²) in [5.41, 5.74) is 0.535. The number of nitrogens with zero attached hydrogens (tertiary/aromatic N) is 2. The van der Waals surface area contributed by atoms with Crippen molar-refractivity contribution in [3.8, 4) is 17.6 Å². The highest BCUT2D eigenvalue weighted by Gasteiger charge is 2.33. The molecule has 1 fully saturated rings. The van der Waals surface area contributed by atoms with E-state index >= 15 is 4.39 Å². The molecule has 41 heavy (non-hydrogen) atoms. The molecule has 0 spiro atoms. The highest BCUT2D eigenvalue weighted by molar-refractivity contribution is 6.31. The first-order valence-electron chi connectivity index (χ1n) is 13.4. The maximum absolute atomic E-state index is 15.6. The van der Waals surface area contributed by atoms with Crippen LogP contribution in [0.1, 0.15) is 55.0 Å². The van der Waals surface area contributed by atoms with Crippen LogP contribution in [0.4, 0.5) is 17.6 Å². The van der Waals surface area contributed by atoms with Crippen molar-refractivity contribution >= 4 is 28.5 Å². The number of benzene rings is 2. The number of piperidine rings is 1. The van der Waals surface area contributed by atoms with Gasteiger partial charge in [-0.1, -0.05) is 23.4 Å². The minimum absolute atomic E-state index is 0.0134. The largest absolute Gasteiger partial charge is 0.497 e. The highest BCUT2D eigenvalue weighted by atomic mass is 35.5. The Morgan fingerprint density at radius 2 is 2.00 bits per heavy atom. The number of methoxy groups -OCH3 is 1. The number of aromatic nitrogens is 1. The van der Waals surface area contributed by atoms with Crippen LogP contribution in [0.25, 0.3) is 10.9 Å². The number of fused-ring (bicyclic) bond motifs is 1. The van der Waals surface area contributed by atoms with Crippen LogP contribution < -0.4 is 4.74 Å². The van der Waals surface area contributed by atoms with E-state index in [1.54, 1.807) is 37.6 Å². The Balaban J connectivity index is 1.40. The zero-order valence-corrected chi connectivity index (χ0v) is 23.3. The zero-order valence-electron chi connectivity index (χ0n) is 22.6. The van der Waals surface area contributed by atoms with Gasteiger partial charge in [-0.25, -0.2) is 4.39 Å². The number of ether oxygens (including phenoxy) is 1. The summed E-state index contributed by atoms with van der Waals surface area (Å²) in [7, 11) is 1.56. The molecule has 2 heterocycles. The number of likely N-dealkylation sites (tertiary alicyclic amines) is 1. The molecule has 1 aliphatic rings. The number of carboxylic acid groups (broad SMARTS) is 1. The number of carboxylic acids is 1. The number of alkyl halides is 4. The normalized spacial score (nSPS) is 18.5. The zero-order chi connectivity index (χ0) is 29.6. The Hall–Kier alpha value is -3.35. The van der Waals surface area contributed by atoms with E-state index in [1.165, 1.54) is 12.1 Å². The first kappa shape index (κ1) is 30.6. The smallest absolute Gasteiger partial charge is 0.417 e. The third kappa shape index (κ3) is 8.11. The molecule has 2 aromatic carbocycles. The van der Waals surface area contributed by atoms with Crippen LogP contribution in [0.2, 0.25) is 5.02 Å². The summed E-state index contributed by atoms with van der Waals surface area (Å²) >= 11 is 5.69. The van der Waals surface area contributed by atoms with Crippen molar-refractivity contribution in [1.82, 2.24) is 9.88 Å². The van der Waals surface area contributed by atoms with Crippen LogP contribution in [0, 0.1) is 23.7 Å². The van der Waals surface area contributed by atoms with E-state index in [0.29, 0.717) is 61.1 Å². The second-order valence-corrected chi connectivity index (χ2v) is 10.7. The standard InChI is InChI=1S/C31H31ClF4N2O3/c1-41-23-7-10-29-25(18-23)24(12-14-37-29)28(33)9-5-21-13-16-38(19-22(21)6-11-30(39)40)15-2-3-20-4-8-27(32)26(17-20)31(34,35)36/h4,7-8,10,12,14,17-18,21-22,28H,5-6,9,11,13,15-16,19H2,1H3,(H,39,40)/t21?,22?,28-/m0/s1. The Bertz CT molecular complexity index is 1440. The van der Waals surface area contributed by atoms with Gasteiger partial charge in [0, 0.05) is 30.1 Å². The van der Waals surface area contributed by atoms with Crippen LogP contribution in [-0.2, 0) is 11.0 Å². The Morgan fingerprint density at radius 3 is 2.73 bits per heavy atom. The molecule has 0 radical (unpaired) electrons. The summed E-state index contributed by atoms with van der Waals surface area (Å²) in [5, 5.41) is 9.60. The van der Waals surface area contributed by atoms with Crippen LogP contribution >= 0.6 is 11.6 Å². The maximum Gasteiger partial charge on any atom is 0.417 e. The fraction of sp³-hybridized carbons (Fsp3) is 0.419. The Kier molecular flexibility index (Phi) is 10.1. The molecule has 0 amide bonds. The molecule has 10 heteroatoms. The van der Waals surface area contributed by atoms with Gasteiger partial charge in [0.2, 0.25) is 0 Å². The Morgan fingerprint density at radius 1 is 1.20 bits per heavy atom. The quantitative estimate of drug-likeness (QED) is 0.206. The van der Waals surface area contributed by atoms with E-state index in [0.717, 1.165) is 12.5 Å². The molecule has 1 aromatic heterocycles. The number of hydrogen-bond donors (Lipinski definition) is 1. The number of hydrogen-bond acceptors (Lipinski definition) is 4. The fourth-order valence-corrected chi connectivity index (χ4v) is 5.68. The van der Waals surface area contributed by atoms with Gasteiger partial charge in [-0.3, -0.25) is 14.7 Å². The van der Waals surface area contributed by atoms with E-state index in [1.807, 2.05) is 0 Å². The van der Waals surface area contributed by atoms with Gasteiger partial charge in [0.15, 0.2) is 0 Å². The van der Waals surface area contributed by atoms with Gasteiger partial charge in [-0.15, -0.1) is 0 Å². The number of halogens is 5. The lowest BCUT2D eigenvalue weighted by Crippen LogP contribution is -2.41. The van der Waals surface area contributed by atoms with Crippen molar-refractivity contribution in [1.29, 1.82) is 0 Å².